The van der Waals surface area contributed by atoms with Gasteiger partial charge in [0.25, 0.3) is 0 Å². The fourth-order valence-electron chi connectivity index (χ4n) is 2.96. The summed E-state index contributed by atoms with van der Waals surface area (Å²) < 4.78 is 48.2. The highest BCUT2D eigenvalue weighted by molar-refractivity contribution is 7.92. The van der Waals surface area contributed by atoms with Gasteiger partial charge in [-0.3, -0.25) is 0 Å². The van der Waals surface area contributed by atoms with Crippen LogP contribution in [0.1, 0.15) is 17.4 Å². The first kappa shape index (κ1) is 22.2. The van der Waals surface area contributed by atoms with E-state index in [0.29, 0.717) is 10.7 Å². The smallest absolute Gasteiger partial charge is 0.186 e. The van der Waals surface area contributed by atoms with Crippen molar-refractivity contribution in [3.8, 4) is 0 Å². The summed E-state index contributed by atoms with van der Waals surface area (Å²) in [6, 6.07) is 17.5. The van der Waals surface area contributed by atoms with Gasteiger partial charge in [-0.25, -0.2) is 17.3 Å². The van der Waals surface area contributed by atoms with E-state index < -0.39 is 32.1 Å². The second kappa shape index (κ2) is 9.99. The summed E-state index contributed by atoms with van der Waals surface area (Å²) in [4.78, 5) is 0.635. The molecule has 6 nitrogen and oxygen atoms in total. The monoisotopic (exact) mass is 445 g/mol. The minimum atomic E-state index is -3.89. The van der Waals surface area contributed by atoms with Gasteiger partial charge in [-0.15, -0.1) is 0 Å². The number of hydrogen-bond donors (Lipinski definition) is 2. The standard InChI is InChI=1S/C22H23NO5S2/c1-17-11-13-18(14-12-17)29(25)23-22(20-9-6-16-28-20)21(10-5-15-24)30(26,27)19-7-3-2-4-8-19/h2-14,16,21-24H,15H2,1H3/b10-5-/t21-,22+,29?/m0/s1. The van der Waals surface area contributed by atoms with E-state index in [1.807, 2.05) is 19.1 Å². The van der Waals surface area contributed by atoms with E-state index in [0.717, 1.165) is 5.56 Å². The van der Waals surface area contributed by atoms with Crippen LogP contribution in [0, 0.1) is 6.92 Å². The van der Waals surface area contributed by atoms with Gasteiger partial charge in [-0.1, -0.05) is 48.0 Å². The van der Waals surface area contributed by atoms with Crippen molar-refractivity contribution in [3.63, 3.8) is 0 Å². The Morgan fingerprint density at radius 2 is 1.77 bits per heavy atom. The Hall–Kier alpha value is -2.52. The molecule has 158 valence electrons. The van der Waals surface area contributed by atoms with E-state index in [9.17, 15) is 17.7 Å². The van der Waals surface area contributed by atoms with Crippen LogP contribution in [0.5, 0.6) is 0 Å². The zero-order valence-electron chi connectivity index (χ0n) is 16.3. The molecule has 30 heavy (non-hydrogen) atoms. The summed E-state index contributed by atoms with van der Waals surface area (Å²) in [5.74, 6) is 0.322. The van der Waals surface area contributed by atoms with Crippen LogP contribution >= 0.6 is 0 Å². The molecule has 3 aromatic rings. The molecule has 0 aliphatic rings. The largest absolute Gasteiger partial charge is 0.468 e. The number of furan rings is 1. The van der Waals surface area contributed by atoms with Crippen LogP contribution in [0.25, 0.3) is 0 Å². The molecule has 0 aliphatic heterocycles. The number of nitrogens with one attached hydrogen (secondary N) is 1. The van der Waals surface area contributed by atoms with Crippen molar-refractivity contribution < 1.29 is 22.2 Å². The van der Waals surface area contributed by atoms with Crippen molar-refractivity contribution >= 4 is 20.8 Å². The molecule has 3 rings (SSSR count). The van der Waals surface area contributed by atoms with E-state index in [1.165, 1.54) is 30.5 Å². The molecule has 2 N–H and O–H groups in total. The van der Waals surface area contributed by atoms with Gasteiger partial charge >= 0.3 is 0 Å². The zero-order valence-corrected chi connectivity index (χ0v) is 18.0. The molecule has 1 aromatic heterocycles. The summed E-state index contributed by atoms with van der Waals surface area (Å²) >= 11 is 0. The third kappa shape index (κ3) is 5.14. The van der Waals surface area contributed by atoms with Gasteiger partial charge in [0.05, 0.1) is 28.7 Å². The van der Waals surface area contributed by atoms with E-state index in [4.69, 9.17) is 4.42 Å². The third-order valence-electron chi connectivity index (χ3n) is 4.51. The molecule has 0 bridgehead atoms. The number of rotatable bonds is 9. The Balaban J connectivity index is 2.03. The molecular weight excluding hydrogens is 422 g/mol. The molecule has 0 spiro atoms. The van der Waals surface area contributed by atoms with Crippen LogP contribution in [0.3, 0.4) is 0 Å². The minimum absolute atomic E-state index is 0.122. The molecule has 0 aliphatic carbocycles. The Kier molecular flexibility index (Phi) is 7.38. The van der Waals surface area contributed by atoms with Gasteiger partial charge in [-0.05, 0) is 43.3 Å². The molecule has 0 saturated heterocycles. The Labute approximate surface area is 178 Å². The lowest BCUT2D eigenvalue weighted by Gasteiger charge is -2.24. The Morgan fingerprint density at radius 3 is 2.37 bits per heavy atom. The average Bonchev–Trinajstić information content (AvgIpc) is 3.28. The van der Waals surface area contributed by atoms with Crippen LogP contribution in [0.15, 0.2) is 99.4 Å². The average molecular weight is 446 g/mol. The summed E-state index contributed by atoms with van der Waals surface area (Å²) in [5.41, 5.74) is 1.02. The highest BCUT2D eigenvalue weighted by Gasteiger charge is 2.36. The topological polar surface area (TPSA) is 96.6 Å². The maximum absolute atomic E-state index is 13.4. The minimum Gasteiger partial charge on any atom is -0.468 e. The van der Waals surface area contributed by atoms with Crippen LogP contribution in [-0.4, -0.2) is 29.6 Å². The summed E-state index contributed by atoms with van der Waals surface area (Å²) in [6.07, 6.45) is 4.19. The number of aryl methyl sites for hydroxylation is 1. The van der Waals surface area contributed by atoms with Crippen molar-refractivity contribution in [1.82, 2.24) is 4.72 Å². The Bertz CT molecular complexity index is 1090. The number of aliphatic hydroxyl groups excluding tert-OH is 1. The maximum atomic E-state index is 13.4. The molecule has 2 aromatic carbocycles. The first-order chi connectivity index (χ1) is 14.4. The number of aliphatic hydroxyl groups is 1. The van der Waals surface area contributed by atoms with Gasteiger partial charge < -0.3 is 9.52 Å². The summed E-state index contributed by atoms with van der Waals surface area (Å²) in [6.45, 7) is 1.60. The molecule has 1 heterocycles. The SMILES string of the molecule is Cc1ccc(S(=O)N[C@H](c2ccco2)[C@H](/C=C\CO)S(=O)(=O)c2ccccc2)cc1. The number of hydrogen-bond acceptors (Lipinski definition) is 5. The van der Waals surface area contributed by atoms with E-state index in [2.05, 4.69) is 4.72 Å². The van der Waals surface area contributed by atoms with E-state index in [-0.39, 0.29) is 11.5 Å². The fraction of sp³-hybridized carbons (Fsp3) is 0.182. The van der Waals surface area contributed by atoms with Gasteiger partial charge in [0.2, 0.25) is 0 Å². The molecule has 0 amide bonds. The highest BCUT2D eigenvalue weighted by Crippen LogP contribution is 2.30. The lowest BCUT2D eigenvalue weighted by Crippen LogP contribution is -2.37. The molecule has 0 saturated carbocycles. The van der Waals surface area contributed by atoms with Crippen LogP contribution in [0.2, 0.25) is 0 Å². The number of sulfone groups is 1. The van der Waals surface area contributed by atoms with Gasteiger partial charge in [0, 0.05) is 0 Å². The molecule has 1 unspecified atom stereocenters. The van der Waals surface area contributed by atoms with Crippen molar-refractivity contribution in [3.05, 3.63) is 96.5 Å². The summed E-state index contributed by atoms with van der Waals surface area (Å²) in [5, 5.41) is 8.10. The van der Waals surface area contributed by atoms with Crippen molar-refractivity contribution in [1.29, 1.82) is 0 Å². The second-order valence-electron chi connectivity index (χ2n) is 6.63. The maximum Gasteiger partial charge on any atom is 0.186 e. The van der Waals surface area contributed by atoms with Gasteiger partial charge in [-0.2, -0.15) is 0 Å². The summed E-state index contributed by atoms with van der Waals surface area (Å²) in [7, 11) is -5.58. The van der Waals surface area contributed by atoms with Gasteiger partial charge in [0.1, 0.15) is 22.0 Å². The molecular formula is C22H23NO5S2. The first-order valence-electron chi connectivity index (χ1n) is 9.28. The normalized spacial score (nSPS) is 15.1. The number of benzene rings is 2. The lowest BCUT2D eigenvalue weighted by atomic mass is 10.1. The van der Waals surface area contributed by atoms with Crippen molar-refractivity contribution in [2.24, 2.45) is 0 Å². The Morgan fingerprint density at radius 1 is 1.07 bits per heavy atom. The molecule has 3 atom stereocenters. The van der Waals surface area contributed by atoms with Crippen LogP contribution in [0.4, 0.5) is 0 Å². The van der Waals surface area contributed by atoms with Crippen LogP contribution < -0.4 is 4.72 Å². The van der Waals surface area contributed by atoms with Crippen molar-refractivity contribution in [2.45, 2.75) is 28.0 Å². The first-order valence-corrected chi connectivity index (χ1v) is 12.0. The van der Waals surface area contributed by atoms with E-state index >= 15 is 0 Å². The molecule has 0 fully saturated rings. The van der Waals surface area contributed by atoms with Gasteiger partial charge in [0.15, 0.2) is 9.84 Å². The predicted octanol–water partition coefficient (Wildman–Crippen LogP) is 3.33. The lowest BCUT2D eigenvalue weighted by molar-refractivity contribution is 0.342. The quantitative estimate of drug-likeness (QED) is 0.493. The highest BCUT2D eigenvalue weighted by atomic mass is 32.2. The predicted molar refractivity (Wildman–Crippen MR) is 116 cm³/mol. The third-order valence-corrected chi connectivity index (χ3v) is 7.75. The second-order valence-corrected chi connectivity index (χ2v) is 9.98. The molecule has 8 heteroatoms. The zero-order chi connectivity index (χ0) is 21.6. The van der Waals surface area contributed by atoms with Crippen LogP contribution in [-0.2, 0) is 20.8 Å². The van der Waals surface area contributed by atoms with Crippen molar-refractivity contribution in [2.75, 3.05) is 6.61 Å². The van der Waals surface area contributed by atoms with E-state index in [1.54, 1.807) is 42.5 Å². The molecule has 0 radical (unpaired) electrons. The fourth-order valence-corrected chi connectivity index (χ4v) is 5.78.